The van der Waals surface area contributed by atoms with Crippen LogP contribution in [0, 0.1) is 5.92 Å². The van der Waals surface area contributed by atoms with Crippen molar-refractivity contribution in [2.24, 2.45) is 5.92 Å². The van der Waals surface area contributed by atoms with E-state index >= 15 is 0 Å². The Balaban J connectivity index is 2.62. The molecule has 0 saturated heterocycles. The zero-order valence-electron chi connectivity index (χ0n) is 9.47. The Morgan fingerprint density at radius 2 is 1.88 bits per heavy atom. The Morgan fingerprint density at radius 1 is 1.31 bits per heavy atom. The first-order valence-corrected chi connectivity index (χ1v) is 5.25. The SMILES string of the molecule is CC(CO)C(C)NC(=O)c1ccc(O)cc1. The van der Waals surface area contributed by atoms with Crippen molar-refractivity contribution in [2.45, 2.75) is 19.9 Å². The minimum Gasteiger partial charge on any atom is -0.508 e. The van der Waals surface area contributed by atoms with Crippen molar-refractivity contribution in [3.05, 3.63) is 29.8 Å². The van der Waals surface area contributed by atoms with E-state index in [0.29, 0.717) is 5.56 Å². The number of carbonyl (C=O) groups excluding carboxylic acids is 1. The van der Waals surface area contributed by atoms with Crippen molar-refractivity contribution in [3.8, 4) is 5.75 Å². The molecule has 0 fully saturated rings. The fourth-order valence-corrected chi connectivity index (χ4v) is 1.20. The molecule has 0 bridgehead atoms. The number of benzene rings is 1. The highest BCUT2D eigenvalue weighted by Gasteiger charge is 2.14. The summed E-state index contributed by atoms with van der Waals surface area (Å²) >= 11 is 0. The lowest BCUT2D eigenvalue weighted by Gasteiger charge is -2.19. The Morgan fingerprint density at radius 3 is 2.38 bits per heavy atom. The lowest BCUT2D eigenvalue weighted by Crippen LogP contribution is -2.38. The van der Waals surface area contributed by atoms with Gasteiger partial charge >= 0.3 is 0 Å². The second-order valence-electron chi connectivity index (χ2n) is 3.97. The van der Waals surface area contributed by atoms with Crippen molar-refractivity contribution in [2.75, 3.05) is 6.61 Å². The monoisotopic (exact) mass is 223 g/mol. The molecule has 0 aliphatic carbocycles. The maximum absolute atomic E-state index is 11.7. The molecule has 1 amide bonds. The number of hydrogen-bond acceptors (Lipinski definition) is 3. The van der Waals surface area contributed by atoms with Gasteiger partial charge in [-0.25, -0.2) is 0 Å². The Labute approximate surface area is 94.9 Å². The van der Waals surface area contributed by atoms with Gasteiger partial charge < -0.3 is 15.5 Å². The maximum Gasteiger partial charge on any atom is 0.251 e. The average molecular weight is 223 g/mol. The molecule has 4 heteroatoms. The van der Waals surface area contributed by atoms with Crippen LogP contribution in [-0.2, 0) is 0 Å². The highest BCUT2D eigenvalue weighted by molar-refractivity contribution is 5.94. The van der Waals surface area contributed by atoms with Crippen molar-refractivity contribution >= 4 is 5.91 Å². The van der Waals surface area contributed by atoms with E-state index in [1.807, 2.05) is 13.8 Å². The van der Waals surface area contributed by atoms with E-state index in [1.165, 1.54) is 12.1 Å². The first-order chi connectivity index (χ1) is 7.54. The van der Waals surface area contributed by atoms with Crippen LogP contribution in [0.25, 0.3) is 0 Å². The third kappa shape index (κ3) is 3.24. The number of nitrogens with one attached hydrogen (secondary N) is 1. The summed E-state index contributed by atoms with van der Waals surface area (Å²) in [6.45, 7) is 3.75. The summed E-state index contributed by atoms with van der Waals surface area (Å²) in [6, 6.07) is 5.96. The maximum atomic E-state index is 11.7. The van der Waals surface area contributed by atoms with Crippen LogP contribution in [0.5, 0.6) is 5.75 Å². The van der Waals surface area contributed by atoms with E-state index in [-0.39, 0.29) is 30.2 Å². The van der Waals surface area contributed by atoms with Gasteiger partial charge in [-0.2, -0.15) is 0 Å². The summed E-state index contributed by atoms with van der Waals surface area (Å²) in [7, 11) is 0. The second-order valence-corrected chi connectivity index (χ2v) is 3.97. The van der Waals surface area contributed by atoms with Crippen LogP contribution in [0.1, 0.15) is 24.2 Å². The van der Waals surface area contributed by atoms with Gasteiger partial charge in [0, 0.05) is 18.2 Å². The largest absolute Gasteiger partial charge is 0.508 e. The molecule has 2 atom stereocenters. The Kier molecular flexibility index (Phi) is 4.31. The van der Waals surface area contributed by atoms with E-state index < -0.39 is 0 Å². The predicted octanol–water partition coefficient (Wildman–Crippen LogP) is 1.14. The molecular formula is C12H17NO3. The zero-order valence-corrected chi connectivity index (χ0v) is 9.47. The van der Waals surface area contributed by atoms with Crippen LogP contribution in [0.3, 0.4) is 0 Å². The fraction of sp³-hybridized carbons (Fsp3) is 0.417. The normalized spacial score (nSPS) is 14.2. The highest BCUT2D eigenvalue weighted by Crippen LogP contribution is 2.10. The number of aliphatic hydroxyl groups excluding tert-OH is 1. The lowest BCUT2D eigenvalue weighted by atomic mass is 10.0. The molecule has 0 aliphatic rings. The summed E-state index contributed by atoms with van der Waals surface area (Å²) in [6.07, 6.45) is 0. The van der Waals surface area contributed by atoms with E-state index in [1.54, 1.807) is 12.1 Å². The van der Waals surface area contributed by atoms with Crippen LogP contribution in [0.4, 0.5) is 0 Å². The van der Waals surface area contributed by atoms with E-state index in [4.69, 9.17) is 10.2 Å². The topological polar surface area (TPSA) is 69.6 Å². The number of rotatable bonds is 4. The number of aromatic hydroxyl groups is 1. The molecule has 0 aliphatic heterocycles. The Hall–Kier alpha value is -1.55. The fourth-order valence-electron chi connectivity index (χ4n) is 1.20. The van der Waals surface area contributed by atoms with E-state index in [0.717, 1.165) is 0 Å². The number of carbonyl (C=O) groups is 1. The molecule has 0 spiro atoms. The zero-order chi connectivity index (χ0) is 12.1. The molecule has 1 aromatic rings. The van der Waals surface area contributed by atoms with Crippen molar-refractivity contribution in [3.63, 3.8) is 0 Å². The van der Waals surface area contributed by atoms with Crippen LogP contribution in [0.15, 0.2) is 24.3 Å². The molecule has 16 heavy (non-hydrogen) atoms. The summed E-state index contributed by atoms with van der Waals surface area (Å²) in [5.74, 6) is -0.0535. The predicted molar refractivity (Wildman–Crippen MR) is 61.3 cm³/mol. The Bertz CT molecular complexity index is 348. The average Bonchev–Trinajstić information content (AvgIpc) is 2.28. The van der Waals surface area contributed by atoms with Gasteiger partial charge in [0.15, 0.2) is 0 Å². The van der Waals surface area contributed by atoms with Gasteiger partial charge in [-0.3, -0.25) is 4.79 Å². The molecule has 0 saturated carbocycles. The van der Waals surface area contributed by atoms with Gasteiger partial charge in [0.2, 0.25) is 0 Å². The van der Waals surface area contributed by atoms with Gasteiger partial charge in [0.1, 0.15) is 5.75 Å². The molecule has 1 rings (SSSR count). The molecule has 4 nitrogen and oxygen atoms in total. The van der Waals surface area contributed by atoms with Crippen LogP contribution in [0.2, 0.25) is 0 Å². The van der Waals surface area contributed by atoms with E-state index in [9.17, 15) is 4.79 Å². The highest BCUT2D eigenvalue weighted by atomic mass is 16.3. The van der Waals surface area contributed by atoms with Crippen LogP contribution >= 0.6 is 0 Å². The minimum atomic E-state index is -0.201. The third-order valence-electron chi connectivity index (χ3n) is 2.63. The number of aliphatic hydroxyl groups is 1. The minimum absolute atomic E-state index is 0.0149. The van der Waals surface area contributed by atoms with Crippen LogP contribution < -0.4 is 5.32 Å². The number of phenols is 1. The molecule has 0 aromatic heterocycles. The molecule has 88 valence electrons. The van der Waals surface area contributed by atoms with Crippen LogP contribution in [-0.4, -0.2) is 28.8 Å². The lowest BCUT2D eigenvalue weighted by molar-refractivity contribution is 0.0916. The van der Waals surface area contributed by atoms with Crippen molar-refractivity contribution in [1.29, 1.82) is 0 Å². The first kappa shape index (κ1) is 12.5. The molecule has 2 unspecified atom stereocenters. The van der Waals surface area contributed by atoms with Gasteiger partial charge in [0.25, 0.3) is 5.91 Å². The van der Waals surface area contributed by atoms with Crippen molar-refractivity contribution < 1.29 is 15.0 Å². The summed E-state index contributed by atoms with van der Waals surface area (Å²) in [5, 5.41) is 20.8. The second kappa shape index (κ2) is 5.51. The summed E-state index contributed by atoms with van der Waals surface area (Å²) in [5.41, 5.74) is 0.495. The number of phenolic OH excluding ortho intramolecular Hbond substituents is 1. The summed E-state index contributed by atoms with van der Waals surface area (Å²) in [4.78, 5) is 11.7. The summed E-state index contributed by atoms with van der Waals surface area (Å²) < 4.78 is 0. The van der Waals surface area contributed by atoms with E-state index in [2.05, 4.69) is 5.32 Å². The smallest absolute Gasteiger partial charge is 0.251 e. The number of hydrogen-bond donors (Lipinski definition) is 3. The van der Waals surface area contributed by atoms with Gasteiger partial charge in [-0.1, -0.05) is 6.92 Å². The molecule has 3 N–H and O–H groups in total. The molecule has 1 aromatic carbocycles. The van der Waals surface area contributed by atoms with Gasteiger partial charge in [-0.15, -0.1) is 0 Å². The number of amides is 1. The van der Waals surface area contributed by atoms with Gasteiger partial charge in [-0.05, 0) is 37.1 Å². The molecular weight excluding hydrogens is 206 g/mol. The quantitative estimate of drug-likeness (QED) is 0.717. The van der Waals surface area contributed by atoms with Gasteiger partial charge in [0.05, 0.1) is 0 Å². The first-order valence-electron chi connectivity index (χ1n) is 5.25. The standard InChI is InChI=1S/C12H17NO3/c1-8(7-14)9(2)13-12(16)10-3-5-11(15)6-4-10/h3-6,8-9,14-15H,7H2,1-2H3,(H,13,16). The molecule has 0 radical (unpaired) electrons. The molecule has 0 heterocycles. The third-order valence-corrected chi connectivity index (χ3v) is 2.63. The van der Waals surface area contributed by atoms with Crippen molar-refractivity contribution in [1.82, 2.24) is 5.32 Å².